The summed E-state index contributed by atoms with van der Waals surface area (Å²) < 4.78 is 5.16. The van der Waals surface area contributed by atoms with Crippen molar-refractivity contribution in [1.82, 2.24) is 9.97 Å². The van der Waals surface area contributed by atoms with Gasteiger partial charge in [0.05, 0.1) is 30.9 Å². The molecular weight excluding hydrogens is 272 g/mol. The number of aromatic nitrogens is 2. The second-order valence-electron chi connectivity index (χ2n) is 5.07. The van der Waals surface area contributed by atoms with Crippen LogP contribution in [0, 0.1) is 0 Å². The summed E-state index contributed by atoms with van der Waals surface area (Å²) in [5.74, 6) is 0.837. The van der Waals surface area contributed by atoms with Crippen molar-refractivity contribution in [3.8, 4) is 28.3 Å². The minimum Gasteiger partial charge on any atom is -0.497 e. The maximum atomic E-state index is 5.16. The first-order valence-electron chi connectivity index (χ1n) is 7.36. The second kappa shape index (κ2) is 6.39. The Hall–Kier alpha value is -2.68. The molecule has 0 aliphatic rings. The van der Waals surface area contributed by atoms with Crippen LogP contribution in [0.3, 0.4) is 0 Å². The summed E-state index contributed by atoms with van der Waals surface area (Å²) in [6, 6.07) is 16.3. The van der Waals surface area contributed by atoms with Crippen molar-refractivity contribution >= 4 is 0 Å². The summed E-state index contributed by atoms with van der Waals surface area (Å²) in [5.41, 5.74) is 5.19. The first-order chi connectivity index (χ1) is 10.8. The molecule has 3 nitrogen and oxygen atoms in total. The van der Waals surface area contributed by atoms with E-state index in [4.69, 9.17) is 4.74 Å². The summed E-state index contributed by atoms with van der Waals surface area (Å²) in [7, 11) is 1.66. The molecule has 0 aliphatic carbocycles. The predicted molar refractivity (Wildman–Crippen MR) is 88.8 cm³/mol. The van der Waals surface area contributed by atoms with Crippen LogP contribution in [0.1, 0.15) is 12.5 Å². The lowest BCUT2D eigenvalue weighted by Crippen LogP contribution is -1.90. The molecule has 0 unspecified atom stereocenters. The van der Waals surface area contributed by atoms with Gasteiger partial charge in [-0.2, -0.15) is 0 Å². The van der Waals surface area contributed by atoms with Gasteiger partial charge < -0.3 is 4.74 Å². The molecule has 110 valence electrons. The van der Waals surface area contributed by atoms with Crippen molar-refractivity contribution in [1.29, 1.82) is 0 Å². The molecule has 2 aromatic carbocycles. The van der Waals surface area contributed by atoms with Crippen LogP contribution >= 0.6 is 0 Å². The molecule has 3 rings (SSSR count). The van der Waals surface area contributed by atoms with E-state index in [-0.39, 0.29) is 0 Å². The average molecular weight is 290 g/mol. The smallest absolute Gasteiger partial charge is 0.118 e. The van der Waals surface area contributed by atoms with E-state index in [2.05, 4.69) is 41.2 Å². The number of aryl methyl sites for hydroxylation is 1. The number of nitrogens with zero attached hydrogens (tertiary/aromatic N) is 2. The standard InChI is InChI=1S/C19H18N2O/c1-3-14-4-6-15(7-5-14)18-12-21-19(13-20-18)16-8-10-17(22-2)11-9-16/h4-13H,3H2,1-2H3. The number of hydrogen-bond donors (Lipinski definition) is 0. The number of methoxy groups -OCH3 is 1. The van der Waals surface area contributed by atoms with Gasteiger partial charge in [0.25, 0.3) is 0 Å². The molecule has 0 amide bonds. The van der Waals surface area contributed by atoms with E-state index >= 15 is 0 Å². The molecule has 0 fully saturated rings. The molecule has 0 saturated carbocycles. The van der Waals surface area contributed by atoms with Crippen LogP contribution in [0.25, 0.3) is 22.5 Å². The van der Waals surface area contributed by atoms with Gasteiger partial charge in [-0.1, -0.05) is 31.2 Å². The van der Waals surface area contributed by atoms with E-state index in [0.717, 1.165) is 34.7 Å². The maximum Gasteiger partial charge on any atom is 0.118 e. The number of hydrogen-bond acceptors (Lipinski definition) is 3. The van der Waals surface area contributed by atoms with Crippen LogP contribution in [-0.2, 0) is 6.42 Å². The topological polar surface area (TPSA) is 35.0 Å². The van der Waals surface area contributed by atoms with Crippen molar-refractivity contribution in [2.75, 3.05) is 7.11 Å². The highest BCUT2D eigenvalue weighted by Gasteiger charge is 2.03. The Bertz CT molecular complexity index is 665. The van der Waals surface area contributed by atoms with Gasteiger partial charge in [-0.3, -0.25) is 9.97 Å². The van der Waals surface area contributed by atoms with Crippen LogP contribution in [0.5, 0.6) is 5.75 Å². The fraction of sp³-hybridized carbons (Fsp3) is 0.158. The second-order valence-corrected chi connectivity index (χ2v) is 5.07. The molecule has 0 atom stereocenters. The van der Waals surface area contributed by atoms with Gasteiger partial charge in [0.2, 0.25) is 0 Å². The molecule has 22 heavy (non-hydrogen) atoms. The number of benzene rings is 2. The van der Waals surface area contributed by atoms with E-state index in [0.29, 0.717) is 0 Å². The highest BCUT2D eigenvalue weighted by Crippen LogP contribution is 2.22. The molecule has 0 spiro atoms. The summed E-state index contributed by atoms with van der Waals surface area (Å²) in [4.78, 5) is 9.05. The van der Waals surface area contributed by atoms with Crippen LogP contribution in [-0.4, -0.2) is 17.1 Å². The fourth-order valence-electron chi connectivity index (χ4n) is 2.30. The van der Waals surface area contributed by atoms with Crippen molar-refractivity contribution in [3.63, 3.8) is 0 Å². The van der Waals surface area contributed by atoms with Crippen LogP contribution in [0.4, 0.5) is 0 Å². The lowest BCUT2D eigenvalue weighted by atomic mass is 10.1. The molecule has 1 heterocycles. The summed E-state index contributed by atoms with van der Waals surface area (Å²) in [6.45, 7) is 2.15. The molecule has 0 radical (unpaired) electrons. The van der Waals surface area contributed by atoms with E-state index in [1.807, 2.05) is 36.7 Å². The Morgan fingerprint density at radius 2 is 1.27 bits per heavy atom. The largest absolute Gasteiger partial charge is 0.497 e. The van der Waals surface area contributed by atoms with Gasteiger partial charge in [0.15, 0.2) is 0 Å². The van der Waals surface area contributed by atoms with Crippen molar-refractivity contribution in [3.05, 3.63) is 66.5 Å². The first-order valence-corrected chi connectivity index (χ1v) is 7.36. The lowest BCUT2D eigenvalue weighted by Gasteiger charge is -2.05. The van der Waals surface area contributed by atoms with E-state index in [1.54, 1.807) is 7.11 Å². The third-order valence-electron chi connectivity index (χ3n) is 3.70. The monoisotopic (exact) mass is 290 g/mol. The molecule has 0 N–H and O–H groups in total. The highest BCUT2D eigenvalue weighted by atomic mass is 16.5. The summed E-state index contributed by atoms with van der Waals surface area (Å²) in [5, 5.41) is 0. The van der Waals surface area contributed by atoms with Crippen molar-refractivity contribution in [2.45, 2.75) is 13.3 Å². The zero-order chi connectivity index (χ0) is 15.4. The number of ether oxygens (including phenoxy) is 1. The molecule has 3 heteroatoms. The zero-order valence-corrected chi connectivity index (χ0v) is 12.8. The molecule has 0 bridgehead atoms. The first kappa shape index (κ1) is 14.3. The van der Waals surface area contributed by atoms with Crippen molar-refractivity contribution < 1.29 is 4.74 Å². The predicted octanol–water partition coefficient (Wildman–Crippen LogP) is 4.38. The maximum absolute atomic E-state index is 5.16. The molecule has 0 saturated heterocycles. The molecule has 1 aromatic heterocycles. The Morgan fingerprint density at radius 3 is 1.68 bits per heavy atom. The Labute approximate surface area is 130 Å². The van der Waals surface area contributed by atoms with E-state index in [9.17, 15) is 0 Å². The average Bonchev–Trinajstić information content (AvgIpc) is 2.62. The highest BCUT2D eigenvalue weighted by molar-refractivity contribution is 5.63. The minimum absolute atomic E-state index is 0.837. The Morgan fingerprint density at radius 1 is 0.773 bits per heavy atom. The normalized spacial score (nSPS) is 10.5. The van der Waals surface area contributed by atoms with Crippen LogP contribution < -0.4 is 4.74 Å². The van der Waals surface area contributed by atoms with Crippen LogP contribution in [0.15, 0.2) is 60.9 Å². The van der Waals surface area contributed by atoms with Crippen LogP contribution in [0.2, 0.25) is 0 Å². The quantitative estimate of drug-likeness (QED) is 0.715. The van der Waals surface area contributed by atoms with Gasteiger partial charge in [0.1, 0.15) is 5.75 Å². The van der Waals surface area contributed by atoms with Gasteiger partial charge in [-0.05, 0) is 36.2 Å². The van der Waals surface area contributed by atoms with Gasteiger partial charge in [-0.15, -0.1) is 0 Å². The lowest BCUT2D eigenvalue weighted by molar-refractivity contribution is 0.415. The number of rotatable bonds is 4. The summed E-state index contributed by atoms with van der Waals surface area (Å²) >= 11 is 0. The van der Waals surface area contributed by atoms with Gasteiger partial charge in [-0.25, -0.2) is 0 Å². The SMILES string of the molecule is CCc1ccc(-c2cnc(-c3ccc(OC)cc3)cn2)cc1. The van der Waals surface area contributed by atoms with Gasteiger partial charge in [0, 0.05) is 11.1 Å². The van der Waals surface area contributed by atoms with E-state index in [1.165, 1.54) is 5.56 Å². The molecule has 0 aliphatic heterocycles. The Balaban J connectivity index is 1.84. The third kappa shape index (κ3) is 2.98. The fourth-order valence-corrected chi connectivity index (χ4v) is 2.30. The van der Waals surface area contributed by atoms with Gasteiger partial charge >= 0.3 is 0 Å². The summed E-state index contributed by atoms with van der Waals surface area (Å²) in [6.07, 6.45) is 4.67. The Kier molecular flexibility index (Phi) is 4.15. The zero-order valence-electron chi connectivity index (χ0n) is 12.8. The third-order valence-corrected chi connectivity index (χ3v) is 3.70. The van der Waals surface area contributed by atoms with E-state index < -0.39 is 0 Å². The molecular formula is C19H18N2O. The minimum atomic E-state index is 0.837. The molecule has 3 aromatic rings. The van der Waals surface area contributed by atoms with Crippen molar-refractivity contribution in [2.24, 2.45) is 0 Å².